The first-order valence-electron chi connectivity index (χ1n) is 9.89. The smallest absolute Gasteiger partial charge is 0.396 e. The van der Waals surface area contributed by atoms with E-state index in [0.717, 1.165) is 0 Å². The van der Waals surface area contributed by atoms with Crippen molar-refractivity contribution in [3.8, 4) is 5.69 Å². The fraction of sp³-hybridized carbons (Fsp3) is 0.304. The van der Waals surface area contributed by atoms with E-state index in [4.69, 9.17) is 5.11 Å². The highest BCUT2D eigenvalue weighted by atomic mass is 19.4. The second kappa shape index (κ2) is 8.24. The molecule has 0 radical (unpaired) electrons. The summed E-state index contributed by atoms with van der Waals surface area (Å²) in [5.74, 6) is -0.498. The monoisotopic (exact) mass is 418 g/mol. The van der Waals surface area contributed by atoms with Crippen LogP contribution in [0, 0.1) is 5.82 Å². The predicted octanol–water partition coefficient (Wildman–Crippen LogP) is 5.26. The summed E-state index contributed by atoms with van der Waals surface area (Å²) in [6.07, 6.45) is -1.60. The minimum absolute atomic E-state index is 0.0937. The maximum atomic E-state index is 14.3. The zero-order valence-electron chi connectivity index (χ0n) is 16.3. The minimum Gasteiger partial charge on any atom is -0.396 e. The lowest BCUT2D eigenvalue weighted by Crippen LogP contribution is -2.30. The zero-order chi connectivity index (χ0) is 21.3. The van der Waals surface area contributed by atoms with Gasteiger partial charge in [0.05, 0.1) is 5.52 Å². The van der Waals surface area contributed by atoms with Gasteiger partial charge in [-0.1, -0.05) is 24.3 Å². The Morgan fingerprint density at radius 3 is 2.37 bits per heavy atom. The third-order valence-corrected chi connectivity index (χ3v) is 5.47. The molecule has 158 valence electrons. The van der Waals surface area contributed by atoms with Gasteiger partial charge in [-0.15, -0.1) is 0 Å². The van der Waals surface area contributed by atoms with E-state index in [1.807, 2.05) is 6.08 Å². The Balaban J connectivity index is 1.90. The van der Waals surface area contributed by atoms with Crippen LogP contribution in [0.4, 0.5) is 17.6 Å². The molecule has 7 heteroatoms. The molecule has 0 unspecified atom stereocenters. The van der Waals surface area contributed by atoms with Gasteiger partial charge in [-0.2, -0.15) is 13.2 Å². The van der Waals surface area contributed by atoms with Crippen LogP contribution in [0.3, 0.4) is 0 Å². The molecule has 1 aliphatic rings. The number of aliphatic hydroxyl groups excluding tert-OH is 1. The zero-order valence-corrected chi connectivity index (χ0v) is 16.3. The van der Waals surface area contributed by atoms with E-state index >= 15 is 0 Å². The van der Waals surface area contributed by atoms with Gasteiger partial charge in [0.15, 0.2) is 0 Å². The number of aromatic nitrogens is 1. The normalized spacial score (nSPS) is 15.6. The molecule has 0 amide bonds. The summed E-state index contributed by atoms with van der Waals surface area (Å²) in [5, 5.41) is 9.54. The van der Waals surface area contributed by atoms with Crippen molar-refractivity contribution in [3.63, 3.8) is 0 Å². The van der Waals surface area contributed by atoms with Crippen molar-refractivity contribution in [2.24, 2.45) is 0 Å². The Kier molecular flexibility index (Phi) is 5.66. The standard InChI is InChI=1S/C23H22F4N2O/c24-17-6-8-18(9-7-17)29-20-5-2-1-4-19(20)21(22(29)23(25,26)27)16-10-13-28(14-11-16)12-3-15-30/h1-2,4-10,30H,3,11-15H2. The number of para-hydroxylation sites is 1. The van der Waals surface area contributed by atoms with Crippen molar-refractivity contribution in [3.05, 3.63) is 71.7 Å². The third kappa shape index (κ3) is 3.87. The Morgan fingerprint density at radius 1 is 1.00 bits per heavy atom. The first kappa shape index (κ1) is 20.6. The fourth-order valence-corrected chi connectivity index (χ4v) is 4.13. The van der Waals surface area contributed by atoms with Crippen LogP contribution in [0.5, 0.6) is 0 Å². The van der Waals surface area contributed by atoms with Crippen molar-refractivity contribution >= 4 is 16.5 Å². The maximum absolute atomic E-state index is 14.3. The van der Waals surface area contributed by atoms with Crippen LogP contribution in [-0.4, -0.2) is 40.8 Å². The summed E-state index contributed by atoms with van der Waals surface area (Å²) in [5.41, 5.74) is 0.844. The molecule has 1 N–H and O–H groups in total. The molecule has 3 nitrogen and oxygen atoms in total. The SMILES string of the molecule is OCCCN1CC=C(c2c(C(F)(F)F)n(-c3ccc(F)cc3)c3ccccc23)CC1. The number of benzene rings is 2. The summed E-state index contributed by atoms with van der Waals surface area (Å²) < 4.78 is 57.6. The summed E-state index contributed by atoms with van der Waals surface area (Å²) in [6.45, 7) is 1.99. The third-order valence-electron chi connectivity index (χ3n) is 5.47. The molecule has 0 aliphatic carbocycles. The molecule has 4 rings (SSSR count). The fourth-order valence-electron chi connectivity index (χ4n) is 4.13. The maximum Gasteiger partial charge on any atom is 0.432 e. The van der Waals surface area contributed by atoms with Gasteiger partial charge in [-0.3, -0.25) is 4.90 Å². The Hall–Kier alpha value is -2.64. The molecule has 2 heterocycles. The van der Waals surface area contributed by atoms with Crippen LogP contribution in [0.15, 0.2) is 54.6 Å². The van der Waals surface area contributed by atoms with Crippen molar-refractivity contribution < 1.29 is 22.7 Å². The topological polar surface area (TPSA) is 28.4 Å². The van der Waals surface area contributed by atoms with Gasteiger partial charge in [0, 0.05) is 42.9 Å². The average Bonchev–Trinajstić information content (AvgIpc) is 3.09. The number of alkyl halides is 3. The highest BCUT2D eigenvalue weighted by Crippen LogP contribution is 2.44. The quantitative estimate of drug-likeness (QED) is 0.573. The lowest BCUT2D eigenvalue weighted by Gasteiger charge is -2.26. The summed E-state index contributed by atoms with van der Waals surface area (Å²) in [4.78, 5) is 2.12. The summed E-state index contributed by atoms with van der Waals surface area (Å²) in [6, 6.07) is 11.9. The van der Waals surface area contributed by atoms with Crippen molar-refractivity contribution in [2.75, 3.05) is 26.2 Å². The van der Waals surface area contributed by atoms with Crippen molar-refractivity contribution in [1.82, 2.24) is 9.47 Å². The first-order valence-corrected chi connectivity index (χ1v) is 9.89. The number of hydrogen-bond donors (Lipinski definition) is 1. The Labute approximate surface area is 171 Å². The molecule has 30 heavy (non-hydrogen) atoms. The average molecular weight is 418 g/mol. The highest BCUT2D eigenvalue weighted by Gasteiger charge is 2.40. The lowest BCUT2D eigenvalue weighted by molar-refractivity contribution is -0.142. The Morgan fingerprint density at radius 2 is 1.73 bits per heavy atom. The van der Waals surface area contributed by atoms with Gasteiger partial charge >= 0.3 is 6.18 Å². The first-order chi connectivity index (χ1) is 14.4. The van der Waals surface area contributed by atoms with E-state index in [9.17, 15) is 17.6 Å². The van der Waals surface area contributed by atoms with Crippen LogP contribution < -0.4 is 0 Å². The lowest BCUT2D eigenvalue weighted by atomic mass is 9.96. The second-order valence-corrected chi connectivity index (χ2v) is 7.41. The van der Waals surface area contributed by atoms with E-state index in [1.165, 1.54) is 28.8 Å². The van der Waals surface area contributed by atoms with Crippen LogP contribution >= 0.6 is 0 Å². The molecule has 0 saturated carbocycles. The number of halogens is 4. The molecule has 0 saturated heterocycles. The van der Waals surface area contributed by atoms with E-state index < -0.39 is 17.7 Å². The van der Waals surface area contributed by atoms with E-state index in [1.54, 1.807) is 24.3 Å². The summed E-state index contributed by atoms with van der Waals surface area (Å²) in [7, 11) is 0. The molecule has 2 aromatic carbocycles. The van der Waals surface area contributed by atoms with Gasteiger partial charge in [0.2, 0.25) is 0 Å². The van der Waals surface area contributed by atoms with Gasteiger partial charge in [0.25, 0.3) is 0 Å². The van der Waals surface area contributed by atoms with Crippen molar-refractivity contribution in [2.45, 2.75) is 19.0 Å². The van der Waals surface area contributed by atoms with E-state index in [2.05, 4.69) is 4.90 Å². The molecular weight excluding hydrogens is 396 g/mol. The molecule has 0 fully saturated rings. The van der Waals surface area contributed by atoms with Crippen LogP contribution in [0.2, 0.25) is 0 Å². The number of fused-ring (bicyclic) bond motifs is 1. The van der Waals surface area contributed by atoms with Gasteiger partial charge in [-0.05, 0) is 48.7 Å². The molecular formula is C23H22F4N2O. The van der Waals surface area contributed by atoms with Crippen molar-refractivity contribution in [1.29, 1.82) is 0 Å². The minimum atomic E-state index is -4.59. The molecule has 0 bridgehead atoms. The van der Waals surface area contributed by atoms with Gasteiger partial charge in [-0.25, -0.2) is 4.39 Å². The number of hydrogen-bond acceptors (Lipinski definition) is 2. The summed E-state index contributed by atoms with van der Waals surface area (Å²) >= 11 is 0. The molecule has 1 aliphatic heterocycles. The Bertz CT molecular complexity index is 1070. The molecule has 3 aromatic rings. The van der Waals surface area contributed by atoms with Gasteiger partial charge < -0.3 is 9.67 Å². The van der Waals surface area contributed by atoms with E-state index in [0.29, 0.717) is 49.0 Å². The van der Waals surface area contributed by atoms with Crippen LogP contribution in [-0.2, 0) is 6.18 Å². The van der Waals surface area contributed by atoms with E-state index in [-0.39, 0.29) is 17.9 Å². The highest BCUT2D eigenvalue weighted by molar-refractivity contribution is 5.96. The number of aliphatic hydroxyl groups is 1. The predicted molar refractivity (Wildman–Crippen MR) is 109 cm³/mol. The molecule has 0 atom stereocenters. The number of nitrogens with zero attached hydrogens (tertiary/aromatic N) is 2. The number of rotatable bonds is 5. The largest absolute Gasteiger partial charge is 0.432 e. The van der Waals surface area contributed by atoms with Crippen LogP contribution in [0.25, 0.3) is 22.2 Å². The second-order valence-electron chi connectivity index (χ2n) is 7.41. The molecule has 1 aromatic heterocycles. The molecule has 0 spiro atoms. The van der Waals surface area contributed by atoms with Gasteiger partial charge in [0.1, 0.15) is 11.5 Å². The van der Waals surface area contributed by atoms with Crippen LogP contribution in [0.1, 0.15) is 24.1 Å².